The van der Waals surface area contributed by atoms with Crippen LogP contribution in [-0.2, 0) is 4.74 Å². The van der Waals surface area contributed by atoms with Crippen molar-refractivity contribution in [3.8, 4) is 0 Å². The van der Waals surface area contributed by atoms with E-state index in [-0.39, 0.29) is 0 Å². The molecule has 0 atom stereocenters. The number of allylic oxidation sites excluding steroid dienone is 2. The molecule has 1 rings (SSSR count). The molecule has 1 N–H and O–H groups in total. The maximum Gasteiger partial charge on any atom is 0.0961 e. The highest BCUT2D eigenvalue weighted by atomic mass is 16.5. The number of ether oxygens (including phenoxy) is 1. The van der Waals surface area contributed by atoms with E-state index in [2.05, 4.69) is 26.0 Å². The van der Waals surface area contributed by atoms with Gasteiger partial charge in [-0.2, -0.15) is 0 Å². The van der Waals surface area contributed by atoms with Crippen LogP contribution < -0.4 is 0 Å². The second-order valence-electron chi connectivity index (χ2n) is 5.07. The van der Waals surface area contributed by atoms with E-state index in [1.54, 1.807) is 0 Å². The molecule has 0 unspecified atom stereocenters. The summed E-state index contributed by atoms with van der Waals surface area (Å²) in [6.45, 7) is 8.71. The van der Waals surface area contributed by atoms with Crippen LogP contribution >= 0.6 is 0 Å². The number of rotatable bonds is 4. The van der Waals surface area contributed by atoms with Crippen molar-refractivity contribution in [3.63, 3.8) is 0 Å². The number of aliphatic hydroxyl groups is 1. The topological polar surface area (TPSA) is 29.5 Å². The molecule has 15 heavy (non-hydrogen) atoms. The average molecular weight is 210 g/mol. The molecule has 0 aromatic heterocycles. The van der Waals surface area contributed by atoms with Crippen LogP contribution in [0.5, 0.6) is 0 Å². The van der Waals surface area contributed by atoms with Crippen LogP contribution in [0.3, 0.4) is 0 Å². The third kappa shape index (κ3) is 4.08. The molecule has 86 valence electrons. The zero-order chi connectivity index (χ0) is 11.5. The Balaban J connectivity index is 2.43. The SMILES string of the molecule is CC(C)COC1=CCC(C(C)(C)O)=CC1. The predicted octanol–water partition coefficient (Wildman–Crippen LogP) is 3.03. The van der Waals surface area contributed by atoms with Crippen LogP contribution in [0.15, 0.2) is 23.5 Å². The van der Waals surface area contributed by atoms with Crippen LogP contribution in [0.4, 0.5) is 0 Å². The molecule has 1 aliphatic carbocycles. The van der Waals surface area contributed by atoms with Crippen LogP contribution in [0.1, 0.15) is 40.5 Å². The van der Waals surface area contributed by atoms with Crippen molar-refractivity contribution in [1.29, 1.82) is 0 Å². The Bertz CT molecular complexity index is 267. The summed E-state index contributed by atoms with van der Waals surface area (Å²) >= 11 is 0. The van der Waals surface area contributed by atoms with Gasteiger partial charge < -0.3 is 9.84 Å². The van der Waals surface area contributed by atoms with Crippen molar-refractivity contribution in [2.75, 3.05) is 6.61 Å². The first-order valence-corrected chi connectivity index (χ1v) is 5.63. The van der Waals surface area contributed by atoms with Crippen LogP contribution in [0.2, 0.25) is 0 Å². The smallest absolute Gasteiger partial charge is 0.0961 e. The van der Waals surface area contributed by atoms with Gasteiger partial charge in [0.25, 0.3) is 0 Å². The third-order valence-electron chi connectivity index (χ3n) is 2.49. The lowest BCUT2D eigenvalue weighted by atomic mass is 9.91. The quantitative estimate of drug-likeness (QED) is 0.723. The van der Waals surface area contributed by atoms with Gasteiger partial charge in [0.05, 0.1) is 18.0 Å². The van der Waals surface area contributed by atoms with Crippen molar-refractivity contribution < 1.29 is 9.84 Å². The van der Waals surface area contributed by atoms with Gasteiger partial charge in [-0.1, -0.05) is 19.9 Å². The molecule has 0 amide bonds. The summed E-state index contributed by atoms with van der Waals surface area (Å²) < 4.78 is 5.64. The second kappa shape index (κ2) is 4.84. The maximum atomic E-state index is 9.81. The first-order valence-electron chi connectivity index (χ1n) is 5.63. The Morgan fingerprint density at radius 2 is 2.00 bits per heavy atom. The lowest BCUT2D eigenvalue weighted by molar-refractivity contribution is 0.115. The minimum absolute atomic E-state index is 0.561. The zero-order valence-electron chi connectivity index (χ0n) is 10.2. The highest BCUT2D eigenvalue weighted by Crippen LogP contribution is 2.26. The Hall–Kier alpha value is -0.760. The summed E-state index contributed by atoms with van der Waals surface area (Å²) in [6, 6.07) is 0. The zero-order valence-corrected chi connectivity index (χ0v) is 10.2. The lowest BCUT2D eigenvalue weighted by Gasteiger charge is -2.24. The van der Waals surface area contributed by atoms with E-state index in [0.717, 1.165) is 30.8 Å². The maximum absolute atomic E-state index is 9.81. The van der Waals surface area contributed by atoms with Gasteiger partial charge in [-0.05, 0) is 37.8 Å². The molecule has 0 radical (unpaired) electrons. The standard InChI is InChI=1S/C13H22O2/c1-10(2)9-15-12-7-5-11(6-8-12)13(3,4)14/h5,8,10,14H,6-7,9H2,1-4H3. The van der Waals surface area contributed by atoms with Gasteiger partial charge in [-0.15, -0.1) is 0 Å². The van der Waals surface area contributed by atoms with E-state index in [1.807, 2.05) is 13.8 Å². The van der Waals surface area contributed by atoms with E-state index in [0.29, 0.717) is 5.92 Å². The van der Waals surface area contributed by atoms with Crippen molar-refractivity contribution in [2.45, 2.75) is 46.1 Å². The van der Waals surface area contributed by atoms with Crippen molar-refractivity contribution >= 4 is 0 Å². The highest BCUT2D eigenvalue weighted by molar-refractivity contribution is 5.24. The average Bonchev–Trinajstić information content (AvgIpc) is 2.14. The third-order valence-corrected chi connectivity index (χ3v) is 2.49. The summed E-state index contributed by atoms with van der Waals surface area (Å²) in [4.78, 5) is 0. The molecule has 0 aliphatic heterocycles. The summed E-state index contributed by atoms with van der Waals surface area (Å²) in [5.41, 5.74) is 0.388. The molecule has 2 nitrogen and oxygen atoms in total. The van der Waals surface area contributed by atoms with E-state index in [9.17, 15) is 5.11 Å². The molecule has 0 spiro atoms. The minimum atomic E-state index is -0.694. The second-order valence-corrected chi connectivity index (χ2v) is 5.07. The summed E-state index contributed by atoms with van der Waals surface area (Å²) in [5.74, 6) is 1.60. The van der Waals surface area contributed by atoms with E-state index in [1.165, 1.54) is 0 Å². The van der Waals surface area contributed by atoms with Gasteiger partial charge in [-0.3, -0.25) is 0 Å². The van der Waals surface area contributed by atoms with E-state index in [4.69, 9.17) is 4.74 Å². The van der Waals surface area contributed by atoms with Crippen molar-refractivity contribution in [1.82, 2.24) is 0 Å². The van der Waals surface area contributed by atoms with Crippen molar-refractivity contribution in [3.05, 3.63) is 23.5 Å². The van der Waals surface area contributed by atoms with Gasteiger partial charge in [0, 0.05) is 6.42 Å². The highest BCUT2D eigenvalue weighted by Gasteiger charge is 2.20. The van der Waals surface area contributed by atoms with Crippen molar-refractivity contribution in [2.24, 2.45) is 5.92 Å². The van der Waals surface area contributed by atoms with Gasteiger partial charge in [-0.25, -0.2) is 0 Å². The molecule has 1 aliphatic rings. The molecule has 2 heteroatoms. The molecule has 0 saturated carbocycles. The predicted molar refractivity (Wildman–Crippen MR) is 62.5 cm³/mol. The molecule has 0 saturated heterocycles. The van der Waals surface area contributed by atoms with Crippen LogP contribution in [-0.4, -0.2) is 17.3 Å². The Labute approximate surface area is 92.6 Å². The van der Waals surface area contributed by atoms with Gasteiger partial charge in [0.15, 0.2) is 0 Å². The summed E-state index contributed by atoms with van der Waals surface area (Å²) in [7, 11) is 0. The summed E-state index contributed by atoms with van der Waals surface area (Å²) in [5, 5.41) is 9.81. The molecule has 0 heterocycles. The molecule has 0 fully saturated rings. The Morgan fingerprint density at radius 3 is 2.40 bits per heavy atom. The van der Waals surface area contributed by atoms with Crippen LogP contribution in [0, 0.1) is 5.92 Å². The fourth-order valence-electron chi connectivity index (χ4n) is 1.51. The molecular weight excluding hydrogens is 188 g/mol. The fraction of sp³-hybridized carbons (Fsp3) is 0.692. The number of hydrogen-bond acceptors (Lipinski definition) is 2. The molecular formula is C13H22O2. The monoisotopic (exact) mass is 210 g/mol. The normalized spacial score (nSPS) is 17.5. The van der Waals surface area contributed by atoms with E-state index < -0.39 is 5.60 Å². The molecule has 0 aromatic carbocycles. The summed E-state index contributed by atoms with van der Waals surface area (Å²) in [6.07, 6.45) is 5.77. The number of hydrogen-bond donors (Lipinski definition) is 1. The largest absolute Gasteiger partial charge is 0.498 e. The van der Waals surface area contributed by atoms with Gasteiger partial charge in [0.2, 0.25) is 0 Å². The first kappa shape index (κ1) is 12.3. The minimum Gasteiger partial charge on any atom is -0.498 e. The molecule has 0 bridgehead atoms. The Kier molecular flexibility index (Phi) is 3.97. The van der Waals surface area contributed by atoms with Gasteiger partial charge in [0.1, 0.15) is 0 Å². The molecule has 0 aromatic rings. The van der Waals surface area contributed by atoms with Gasteiger partial charge >= 0.3 is 0 Å². The fourth-order valence-corrected chi connectivity index (χ4v) is 1.51. The van der Waals surface area contributed by atoms with Crippen LogP contribution in [0.25, 0.3) is 0 Å². The Morgan fingerprint density at radius 1 is 1.33 bits per heavy atom. The lowest BCUT2D eigenvalue weighted by Crippen LogP contribution is -2.23. The first-order chi connectivity index (χ1) is 6.89. The van der Waals surface area contributed by atoms with E-state index >= 15 is 0 Å².